The smallest absolute Gasteiger partial charge is 0.227 e. The van der Waals surface area contributed by atoms with E-state index in [1.165, 1.54) is 0 Å². The lowest BCUT2D eigenvalue weighted by atomic mass is 9.92. The van der Waals surface area contributed by atoms with Crippen molar-refractivity contribution in [3.8, 4) is 0 Å². The fourth-order valence-electron chi connectivity index (χ4n) is 4.71. The van der Waals surface area contributed by atoms with Crippen LogP contribution in [0.3, 0.4) is 0 Å². The van der Waals surface area contributed by atoms with E-state index in [0.717, 1.165) is 70.5 Å². The Morgan fingerprint density at radius 3 is 2.32 bits per heavy atom. The molecule has 28 heavy (non-hydrogen) atoms. The molecule has 0 unspecified atom stereocenters. The molecule has 1 aromatic heterocycles. The lowest BCUT2D eigenvalue weighted by Crippen LogP contribution is -2.51. The second-order valence-corrected chi connectivity index (χ2v) is 8.95. The number of nitrogens with zero attached hydrogens (tertiary/aromatic N) is 3. The Balaban J connectivity index is 1.19. The fourth-order valence-corrected chi connectivity index (χ4v) is 5.38. The number of likely N-dealkylation sites (tertiary alicyclic amines) is 2. The Bertz CT molecular complexity index is 644. The first kappa shape index (κ1) is 19.9. The summed E-state index contributed by atoms with van der Waals surface area (Å²) in [5, 5.41) is 4.09. The van der Waals surface area contributed by atoms with Crippen molar-refractivity contribution >= 4 is 23.2 Å². The molecule has 0 spiro atoms. The third-order valence-corrected chi connectivity index (χ3v) is 7.20. The van der Waals surface area contributed by atoms with Gasteiger partial charge in [0, 0.05) is 38.1 Å². The van der Waals surface area contributed by atoms with Crippen molar-refractivity contribution in [2.45, 2.75) is 38.1 Å². The van der Waals surface area contributed by atoms with Gasteiger partial charge in [-0.3, -0.25) is 9.59 Å². The largest absolute Gasteiger partial charge is 0.378 e. The van der Waals surface area contributed by atoms with Crippen LogP contribution >= 0.6 is 11.3 Å². The first-order chi connectivity index (χ1) is 13.7. The van der Waals surface area contributed by atoms with Gasteiger partial charge in [0.15, 0.2) is 0 Å². The minimum Gasteiger partial charge on any atom is -0.378 e. The maximum absolute atomic E-state index is 12.7. The monoisotopic (exact) mass is 405 g/mol. The molecular formula is C21H31N3O3S. The van der Waals surface area contributed by atoms with Gasteiger partial charge in [0.25, 0.3) is 0 Å². The summed E-state index contributed by atoms with van der Waals surface area (Å²) in [4.78, 5) is 31.8. The summed E-state index contributed by atoms with van der Waals surface area (Å²) in [6.07, 6.45) is 4.57. The molecule has 3 aliphatic rings. The number of carbonyl (C=O) groups is 2. The van der Waals surface area contributed by atoms with Crippen molar-refractivity contribution in [3.63, 3.8) is 0 Å². The van der Waals surface area contributed by atoms with Crippen LogP contribution in [0.25, 0.3) is 0 Å². The van der Waals surface area contributed by atoms with Crippen molar-refractivity contribution in [3.05, 3.63) is 22.4 Å². The number of ether oxygens (including phenoxy) is 1. The second-order valence-electron chi connectivity index (χ2n) is 8.17. The molecule has 0 aliphatic carbocycles. The van der Waals surface area contributed by atoms with E-state index in [4.69, 9.17) is 4.74 Å². The van der Waals surface area contributed by atoms with E-state index in [9.17, 15) is 9.59 Å². The highest BCUT2D eigenvalue weighted by atomic mass is 32.1. The van der Waals surface area contributed by atoms with Gasteiger partial charge in [0.1, 0.15) is 0 Å². The Labute approximate surface area is 171 Å². The third-order valence-electron chi connectivity index (χ3n) is 6.47. The molecule has 0 aromatic carbocycles. The molecule has 0 saturated carbocycles. The number of thiophene rings is 1. The number of rotatable bonds is 4. The predicted octanol–water partition coefficient (Wildman–Crippen LogP) is 1.85. The minimum atomic E-state index is 0.182. The van der Waals surface area contributed by atoms with E-state index in [0.29, 0.717) is 31.6 Å². The number of morpholine rings is 1. The summed E-state index contributed by atoms with van der Waals surface area (Å²) >= 11 is 1.65. The molecule has 3 saturated heterocycles. The lowest BCUT2D eigenvalue weighted by molar-refractivity contribution is -0.141. The summed E-state index contributed by atoms with van der Waals surface area (Å²) < 4.78 is 5.36. The molecule has 7 heteroatoms. The first-order valence-electron chi connectivity index (χ1n) is 10.6. The van der Waals surface area contributed by atoms with E-state index in [2.05, 4.69) is 10.3 Å². The molecule has 6 nitrogen and oxygen atoms in total. The number of hydrogen-bond acceptors (Lipinski definition) is 5. The Hall–Kier alpha value is -1.44. The van der Waals surface area contributed by atoms with Crippen LogP contribution in [0.15, 0.2) is 16.8 Å². The van der Waals surface area contributed by atoms with Crippen LogP contribution in [-0.2, 0) is 20.7 Å². The number of carbonyl (C=O) groups excluding carboxylic acids is 2. The van der Waals surface area contributed by atoms with E-state index in [1.807, 2.05) is 21.2 Å². The second kappa shape index (κ2) is 9.37. The molecule has 0 bridgehead atoms. The lowest BCUT2D eigenvalue weighted by Gasteiger charge is -2.42. The number of piperidine rings is 2. The van der Waals surface area contributed by atoms with Crippen LogP contribution in [0, 0.1) is 5.92 Å². The zero-order valence-electron chi connectivity index (χ0n) is 16.6. The van der Waals surface area contributed by atoms with Crippen LogP contribution in [-0.4, -0.2) is 85.0 Å². The van der Waals surface area contributed by atoms with Crippen molar-refractivity contribution in [1.29, 1.82) is 0 Å². The average Bonchev–Trinajstić information content (AvgIpc) is 3.27. The maximum atomic E-state index is 12.7. The molecule has 0 N–H and O–H groups in total. The fraction of sp³-hybridized carbons (Fsp3) is 0.714. The average molecular weight is 406 g/mol. The molecule has 154 valence electrons. The standard InChI is InChI=1S/C21H31N3O3S/c25-20(15-17-5-14-28-16-17)23-8-3-19(4-9-23)22-6-1-18(2-7-22)21(26)24-10-12-27-13-11-24/h5,14,16,18-19H,1-4,6-13,15H2. The molecule has 1 aromatic rings. The summed E-state index contributed by atoms with van der Waals surface area (Å²) in [6, 6.07) is 2.60. The normalized spacial score (nSPS) is 23.1. The summed E-state index contributed by atoms with van der Waals surface area (Å²) in [5.41, 5.74) is 1.13. The molecular weight excluding hydrogens is 374 g/mol. The van der Waals surface area contributed by atoms with Gasteiger partial charge in [-0.2, -0.15) is 11.3 Å². The topological polar surface area (TPSA) is 53.1 Å². The quantitative estimate of drug-likeness (QED) is 0.767. The zero-order valence-corrected chi connectivity index (χ0v) is 17.4. The third kappa shape index (κ3) is 4.75. The maximum Gasteiger partial charge on any atom is 0.227 e. The van der Waals surface area contributed by atoms with Crippen LogP contribution < -0.4 is 0 Å². The predicted molar refractivity (Wildman–Crippen MR) is 109 cm³/mol. The van der Waals surface area contributed by atoms with Gasteiger partial charge in [0.05, 0.1) is 19.6 Å². The Morgan fingerprint density at radius 2 is 1.68 bits per heavy atom. The van der Waals surface area contributed by atoms with Crippen LogP contribution in [0.4, 0.5) is 0 Å². The molecule has 0 radical (unpaired) electrons. The molecule has 4 heterocycles. The van der Waals surface area contributed by atoms with Gasteiger partial charge in [-0.05, 0) is 61.2 Å². The number of amides is 2. The molecule has 3 aliphatic heterocycles. The molecule has 4 rings (SSSR count). The van der Waals surface area contributed by atoms with Crippen molar-refractivity contribution in [2.75, 3.05) is 52.5 Å². The molecule has 2 amide bonds. The zero-order chi connectivity index (χ0) is 19.3. The van der Waals surface area contributed by atoms with Crippen LogP contribution in [0.5, 0.6) is 0 Å². The highest BCUT2D eigenvalue weighted by Crippen LogP contribution is 2.26. The van der Waals surface area contributed by atoms with E-state index in [-0.39, 0.29) is 11.8 Å². The van der Waals surface area contributed by atoms with Gasteiger partial charge >= 0.3 is 0 Å². The van der Waals surface area contributed by atoms with Gasteiger partial charge < -0.3 is 19.4 Å². The summed E-state index contributed by atoms with van der Waals surface area (Å²) in [5.74, 6) is 0.769. The van der Waals surface area contributed by atoms with Crippen LogP contribution in [0.1, 0.15) is 31.2 Å². The Kier molecular flexibility index (Phi) is 6.65. The molecule has 3 fully saturated rings. The Morgan fingerprint density at radius 1 is 0.964 bits per heavy atom. The van der Waals surface area contributed by atoms with Gasteiger partial charge in [-0.1, -0.05) is 0 Å². The van der Waals surface area contributed by atoms with Crippen LogP contribution in [0.2, 0.25) is 0 Å². The summed E-state index contributed by atoms with van der Waals surface area (Å²) in [6.45, 7) is 6.58. The minimum absolute atomic E-state index is 0.182. The highest BCUT2D eigenvalue weighted by molar-refractivity contribution is 7.08. The van der Waals surface area contributed by atoms with Gasteiger partial charge in [-0.15, -0.1) is 0 Å². The number of hydrogen-bond donors (Lipinski definition) is 0. The van der Waals surface area contributed by atoms with Gasteiger partial charge in [-0.25, -0.2) is 0 Å². The van der Waals surface area contributed by atoms with E-state index in [1.54, 1.807) is 11.3 Å². The van der Waals surface area contributed by atoms with Crippen molar-refractivity contribution in [1.82, 2.24) is 14.7 Å². The van der Waals surface area contributed by atoms with Crippen molar-refractivity contribution in [2.24, 2.45) is 5.92 Å². The highest BCUT2D eigenvalue weighted by Gasteiger charge is 2.33. The molecule has 0 atom stereocenters. The SMILES string of the molecule is O=C(Cc1ccsc1)N1CCC(N2CCC(C(=O)N3CCOCC3)CC2)CC1. The summed E-state index contributed by atoms with van der Waals surface area (Å²) in [7, 11) is 0. The van der Waals surface area contributed by atoms with Gasteiger partial charge in [0.2, 0.25) is 11.8 Å². The van der Waals surface area contributed by atoms with Crippen molar-refractivity contribution < 1.29 is 14.3 Å². The van der Waals surface area contributed by atoms with E-state index < -0.39 is 0 Å². The first-order valence-corrected chi connectivity index (χ1v) is 11.5. The van der Waals surface area contributed by atoms with E-state index >= 15 is 0 Å².